The monoisotopic (exact) mass is 272 g/mol. The Morgan fingerprint density at radius 2 is 2.36 bits per heavy atom. The third kappa shape index (κ3) is 3.23. The second-order valence-corrected chi connectivity index (χ2v) is 5.39. The van der Waals surface area contributed by atoms with Crippen molar-refractivity contribution < 1.29 is 31.3 Å². The number of ether oxygens (including phenoxy) is 1. The summed E-state index contributed by atoms with van der Waals surface area (Å²) in [6, 6.07) is 0. The van der Waals surface area contributed by atoms with E-state index in [0.29, 0.717) is 6.61 Å². The van der Waals surface area contributed by atoms with Crippen molar-refractivity contribution in [1.29, 1.82) is 0 Å². The molecule has 0 aromatic heterocycles. The van der Waals surface area contributed by atoms with Crippen LogP contribution < -0.4 is 21.5 Å². The van der Waals surface area contributed by atoms with Gasteiger partial charge in [0.15, 0.2) is 0 Å². The van der Waals surface area contributed by atoms with Crippen LogP contribution in [0.15, 0.2) is 0 Å². The van der Waals surface area contributed by atoms with Crippen LogP contribution in [0.3, 0.4) is 0 Å². The Morgan fingerprint density at radius 3 is 3.00 bits per heavy atom. The second-order valence-electron chi connectivity index (χ2n) is 3.06. The van der Waals surface area contributed by atoms with Gasteiger partial charge in [-0.25, -0.2) is 0 Å². The van der Waals surface area contributed by atoms with Gasteiger partial charge >= 0.3 is 78.2 Å². The van der Waals surface area contributed by atoms with Gasteiger partial charge in [0.2, 0.25) is 0 Å². The number of rotatable bonds is 1. The number of β-amino-alcohol motifs (C(OH)–C–C–N with tert-alkyl or cyclic N) is 1. The van der Waals surface area contributed by atoms with Gasteiger partial charge in [0.05, 0.1) is 0 Å². The van der Waals surface area contributed by atoms with Crippen LogP contribution in [0.25, 0.3) is 0 Å². The molecule has 0 bridgehead atoms. The fourth-order valence-electron chi connectivity index (χ4n) is 1.09. The molecule has 0 spiro atoms. The first kappa shape index (κ1) is 9.70. The average Bonchev–Trinajstić information content (AvgIpc) is 2.10. The van der Waals surface area contributed by atoms with Gasteiger partial charge in [0.1, 0.15) is 0 Å². The maximum absolute atomic E-state index is 9.71. The molecule has 0 amide bonds. The van der Waals surface area contributed by atoms with Gasteiger partial charge in [-0.05, 0) is 0 Å². The summed E-state index contributed by atoms with van der Waals surface area (Å²) in [6.07, 6.45) is 0. The summed E-state index contributed by atoms with van der Waals surface area (Å²) in [6.45, 7) is 4.85. The van der Waals surface area contributed by atoms with Crippen LogP contribution in [0.1, 0.15) is 6.92 Å². The molecule has 1 atom stereocenters. The second kappa shape index (κ2) is 4.02. The minimum absolute atomic E-state index is 0.102. The summed E-state index contributed by atoms with van der Waals surface area (Å²) in [4.78, 5) is 2.21. The predicted octanol–water partition coefficient (Wildman–Crippen LogP) is -3.30. The van der Waals surface area contributed by atoms with Crippen molar-refractivity contribution >= 4 is 0 Å². The van der Waals surface area contributed by atoms with Crippen LogP contribution in [0.5, 0.6) is 0 Å². The molecule has 0 aromatic rings. The Labute approximate surface area is 78.3 Å². The molecule has 1 unspecified atom stereocenters. The van der Waals surface area contributed by atoms with E-state index in [4.69, 9.17) is 4.74 Å². The van der Waals surface area contributed by atoms with Gasteiger partial charge in [-0.3, -0.25) is 0 Å². The Kier molecular flexibility index (Phi) is 3.54. The molecular formula is C7H15INO2-. The van der Waals surface area contributed by atoms with E-state index in [9.17, 15) is 5.11 Å². The normalized spacial score (nSPS) is 35.5. The number of aliphatic hydroxyl groups is 1. The molecule has 1 rings (SSSR count). The van der Waals surface area contributed by atoms with Crippen molar-refractivity contribution in [2.24, 2.45) is 0 Å². The standard InChI is InChI=1S/C7H15INO2/c1-7(10)5-9(8-2)3-4-11-6-7/h10H,3-6H2,1-2H3/q-1. The van der Waals surface area contributed by atoms with Crippen molar-refractivity contribution in [2.75, 3.05) is 31.2 Å². The molecule has 1 aliphatic rings. The molecular weight excluding hydrogens is 257 g/mol. The predicted molar refractivity (Wildman–Crippen MR) is 38.9 cm³/mol. The van der Waals surface area contributed by atoms with Gasteiger partial charge in [0, 0.05) is 0 Å². The van der Waals surface area contributed by atoms with Gasteiger partial charge in [-0.1, -0.05) is 0 Å². The van der Waals surface area contributed by atoms with Crippen molar-refractivity contribution in [3.05, 3.63) is 0 Å². The molecule has 0 saturated carbocycles. The molecule has 4 heteroatoms. The number of alkyl halides is 1. The van der Waals surface area contributed by atoms with E-state index < -0.39 is 5.60 Å². The van der Waals surface area contributed by atoms with Gasteiger partial charge in [-0.15, -0.1) is 0 Å². The molecule has 3 nitrogen and oxygen atoms in total. The number of nitrogens with zero attached hydrogens (tertiary/aromatic N) is 1. The van der Waals surface area contributed by atoms with Crippen molar-refractivity contribution in [1.82, 2.24) is 3.11 Å². The zero-order valence-corrected chi connectivity index (χ0v) is 9.17. The summed E-state index contributed by atoms with van der Waals surface area (Å²) in [5.41, 5.74) is -0.633. The third-order valence-corrected chi connectivity index (χ3v) is 3.83. The van der Waals surface area contributed by atoms with Gasteiger partial charge in [-0.2, -0.15) is 0 Å². The van der Waals surface area contributed by atoms with Crippen LogP contribution in [0, 0.1) is 0 Å². The molecule has 1 fully saturated rings. The third-order valence-electron chi connectivity index (χ3n) is 1.64. The number of hydrogen-bond acceptors (Lipinski definition) is 3. The summed E-state index contributed by atoms with van der Waals surface area (Å²) >= 11 is 0.102. The van der Waals surface area contributed by atoms with E-state index in [2.05, 4.69) is 8.04 Å². The van der Waals surface area contributed by atoms with Crippen LogP contribution in [0.4, 0.5) is 0 Å². The minimum atomic E-state index is -0.633. The van der Waals surface area contributed by atoms with Crippen molar-refractivity contribution in [3.63, 3.8) is 0 Å². The Balaban J connectivity index is 2.47. The zero-order valence-electron chi connectivity index (χ0n) is 7.01. The first-order chi connectivity index (χ1) is 5.14. The fraction of sp³-hybridized carbons (Fsp3) is 1.00. The quantitative estimate of drug-likeness (QED) is 0.308. The van der Waals surface area contributed by atoms with E-state index in [1.165, 1.54) is 0 Å². The topological polar surface area (TPSA) is 32.7 Å². The van der Waals surface area contributed by atoms with E-state index in [1.807, 2.05) is 6.92 Å². The SMILES string of the molecule is C[I-]N1CCOCC(C)(O)C1. The molecule has 0 radical (unpaired) electrons. The molecule has 0 aromatic carbocycles. The van der Waals surface area contributed by atoms with Crippen LogP contribution >= 0.6 is 0 Å². The molecule has 1 saturated heterocycles. The van der Waals surface area contributed by atoms with Crippen LogP contribution in [0.2, 0.25) is 0 Å². The van der Waals surface area contributed by atoms with E-state index in [0.717, 1.165) is 19.7 Å². The Morgan fingerprint density at radius 1 is 1.64 bits per heavy atom. The first-order valence-corrected chi connectivity index (χ1v) is 6.81. The van der Waals surface area contributed by atoms with Crippen LogP contribution in [-0.4, -0.2) is 45.1 Å². The van der Waals surface area contributed by atoms with Crippen LogP contribution in [-0.2, 0) is 4.74 Å². The Hall–Kier alpha value is 0.610. The van der Waals surface area contributed by atoms with Crippen molar-refractivity contribution in [3.8, 4) is 0 Å². The summed E-state index contributed by atoms with van der Waals surface area (Å²) in [5.74, 6) is 0. The molecule has 68 valence electrons. The maximum atomic E-state index is 9.71. The van der Waals surface area contributed by atoms with E-state index >= 15 is 0 Å². The summed E-state index contributed by atoms with van der Waals surface area (Å²) < 4.78 is 7.58. The summed E-state index contributed by atoms with van der Waals surface area (Å²) in [5, 5.41) is 9.71. The average molecular weight is 272 g/mol. The van der Waals surface area contributed by atoms with E-state index in [-0.39, 0.29) is 21.5 Å². The molecule has 0 aliphatic carbocycles. The Bertz CT molecular complexity index is 130. The first-order valence-electron chi connectivity index (χ1n) is 3.69. The van der Waals surface area contributed by atoms with Crippen molar-refractivity contribution in [2.45, 2.75) is 12.5 Å². The summed E-state index contributed by atoms with van der Waals surface area (Å²) in [7, 11) is 0. The fourth-order valence-corrected chi connectivity index (χ4v) is 2.85. The molecule has 1 aliphatic heterocycles. The zero-order chi connectivity index (χ0) is 8.32. The molecule has 1 heterocycles. The molecule has 1 N–H and O–H groups in total. The van der Waals surface area contributed by atoms with Gasteiger partial charge in [0.25, 0.3) is 0 Å². The van der Waals surface area contributed by atoms with E-state index in [1.54, 1.807) is 0 Å². The number of hydrogen-bond donors (Lipinski definition) is 1. The number of halogens is 1. The van der Waals surface area contributed by atoms with Gasteiger partial charge < -0.3 is 0 Å². The molecule has 11 heavy (non-hydrogen) atoms.